The van der Waals surface area contributed by atoms with Crippen molar-refractivity contribution in [1.29, 1.82) is 0 Å². The summed E-state index contributed by atoms with van der Waals surface area (Å²) >= 11 is 5.93. The number of anilines is 1. The predicted molar refractivity (Wildman–Crippen MR) is 93.1 cm³/mol. The van der Waals surface area contributed by atoms with Crippen molar-refractivity contribution in [2.45, 2.75) is 19.3 Å². The second kappa shape index (κ2) is 5.93. The Bertz CT molecular complexity index is 945. The van der Waals surface area contributed by atoms with Gasteiger partial charge in [-0.1, -0.05) is 11.6 Å². The predicted octanol–water partition coefficient (Wildman–Crippen LogP) is 3.37. The first-order valence-corrected chi connectivity index (χ1v) is 8.20. The van der Waals surface area contributed by atoms with Crippen LogP contribution in [-0.4, -0.2) is 25.9 Å². The van der Waals surface area contributed by atoms with Gasteiger partial charge in [-0.05, 0) is 31.2 Å². The molecule has 0 spiro atoms. The zero-order valence-electron chi connectivity index (χ0n) is 13.7. The van der Waals surface area contributed by atoms with Crippen LogP contribution in [0.25, 0.3) is 0 Å². The molecule has 7 nitrogen and oxygen atoms in total. The molecule has 25 heavy (non-hydrogen) atoms. The van der Waals surface area contributed by atoms with Gasteiger partial charge in [0.15, 0.2) is 0 Å². The largest absolute Gasteiger partial charge is 0.439 e. The Balaban J connectivity index is 1.78. The molecule has 128 valence electrons. The Morgan fingerprint density at radius 3 is 2.84 bits per heavy atom. The van der Waals surface area contributed by atoms with E-state index in [1.807, 2.05) is 14.0 Å². The summed E-state index contributed by atoms with van der Waals surface area (Å²) in [5.41, 5.74) is 2.63. The molecule has 1 aromatic carbocycles. The van der Waals surface area contributed by atoms with E-state index in [2.05, 4.69) is 20.6 Å². The number of aromatic amines is 1. The van der Waals surface area contributed by atoms with E-state index in [1.54, 1.807) is 35.1 Å². The van der Waals surface area contributed by atoms with E-state index in [9.17, 15) is 4.79 Å². The van der Waals surface area contributed by atoms with Crippen LogP contribution in [0.15, 0.2) is 30.5 Å². The van der Waals surface area contributed by atoms with E-state index in [0.717, 1.165) is 16.8 Å². The maximum atomic E-state index is 12.1. The van der Waals surface area contributed by atoms with Crippen molar-refractivity contribution in [2.24, 2.45) is 7.05 Å². The third-order valence-electron chi connectivity index (χ3n) is 4.29. The number of carbonyl (C=O) groups is 1. The molecule has 8 heteroatoms. The first kappa shape index (κ1) is 15.7. The number of rotatable bonds is 3. The van der Waals surface area contributed by atoms with Gasteiger partial charge >= 0.3 is 0 Å². The van der Waals surface area contributed by atoms with E-state index >= 15 is 0 Å². The van der Waals surface area contributed by atoms with Crippen LogP contribution in [0.2, 0.25) is 5.02 Å². The highest BCUT2D eigenvalue weighted by Gasteiger charge is 2.33. The van der Waals surface area contributed by atoms with Gasteiger partial charge in [0.1, 0.15) is 11.6 Å². The number of ether oxygens (including phenoxy) is 1. The smallest absolute Gasteiger partial charge is 0.226 e. The van der Waals surface area contributed by atoms with E-state index in [4.69, 9.17) is 16.3 Å². The Morgan fingerprint density at radius 2 is 2.08 bits per heavy atom. The lowest BCUT2D eigenvalue weighted by Gasteiger charge is -2.22. The zero-order chi connectivity index (χ0) is 17.6. The molecular formula is C17H16ClN5O2. The molecule has 0 unspecified atom stereocenters. The third-order valence-corrected chi connectivity index (χ3v) is 4.54. The van der Waals surface area contributed by atoms with Crippen molar-refractivity contribution >= 4 is 23.3 Å². The molecular weight excluding hydrogens is 342 g/mol. The fourth-order valence-electron chi connectivity index (χ4n) is 3.19. The van der Waals surface area contributed by atoms with Gasteiger partial charge in [-0.3, -0.25) is 9.89 Å². The minimum atomic E-state index is -0.168. The first-order valence-electron chi connectivity index (χ1n) is 7.83. The van der Waals surface area contributed by atoms with Gasteiger partial charge in [0.2, 0.25) is 11.8 Å². The van der Waals surface area contributed by atoms with Gasteiger partial charge in [-0.15, -0.1) is 0 Å². The molecule has 2 aromatic heterocycles. The SMILES string of the molecule is Cc1nn(C)c(Oc2ccc(Cl)cc2)c1[C@@H]1CC(=O)Nc2[nH]ncc21. The second-order valence-electron chi connectivity index (χ2n) is 5.99. The van der Waals surface area contributed by atoms with Crippen molar-refractivity contribution in [3.05, 3.63) is 52.3 Å². The van der Waals surface area contributed by atoms with Crippen LogP contribution in [0.3, 0.4) is 0 Å². The molecule has 1 amide bonds. The fourth-order valence-corrected chi connectivity index (χ4v) is 3.32. The number of nitrogens with zero attached hydrogens (tertiary/aromatic N) is 3. The summed E-state index contributed by atoms with van der Waals surface area (Å²) in [5.74, 6) is 1.65. The number of amides is 1. The summed E-state index contributed by atoms with van der Waals surface area (Å²) < 4.78 is 7.76. The first-order chi connectivity index (χ1) is 12.0. The van der Waals surface area contributed by atoms with Gasteiger partial charge in [0.05, 0.1) is 11.9 Å². The lowest BCUT2D eigenvalue weighted by molar-refractivity contribution is -0.116. The van der Waals surface area contributed by atoms with Crippen LogP contribution in [0, 0.1) is 6.92 Å². The highest BCUT2D eigenvalue weighted by Crippen LogP contribution is 2.42. The number of hydrogen-bond donors (Lipinski definition) is 2. The van der Waals surface area contributed by atoms with Crippen molar-refractivity contribution in [3.8, 4) is 11.6 Å². The minimum Gasteiger partial charge on any atom is -0.439 e. The van der Waals surface area contributed by atoms with Crippen molar-refractivity contribution < 1.29 is 9.53 Å². The minimum absolute atomic E-state index is 0.0672. The summed E-state index contributed by atoms with van der Waals surface area (Å²) in [4.78, 5) is 12.1. The normalized spacial score (nSPS) is 16.4. The molecule has 0 aliphatic carbocycles. The molecule has 3 aromatic rings. The molecule has 3 heterocycles. The number of carbonyl (C=O) groups excluding carboxylic acids is 1. The molecule has 0 bridgehead atoms. The average molecular weight is 358 g/mol. The number of fused-ring (bicyclic) bond motifs is 1. The summed E-state index contributed by atoms with van der Waals surface area (Å²) in [5, 5.41) is 14.8. The van der Waals surface area contributed by atoms with E-state index in [0.29, 0.717) is 28.9 Å². The highest BCUT2D eigenvalue weighted by molar-refractivity contribution is 6.30. The zero-order valence-corrected chi connectivity index (χ0v) is 14.5. The van der Waals surface area contributed by atoms with Gasteiger partial charge in [-0.25, -0.2) is 4.68 Å². The number of hydrogen-bond acceptors (Lipinski definition) is 4. The van der Waals surface area contributed by atoms with Crippen LogP contribution in [-0.2, 0) is 11.8 Å². The van der Waals surface area contributed by atoms with E-state index in [1.165, 1.54) is 0 Å². The molecule has 0 fully saturated rings. The molecule has 4 rings (SSSR count). The Labute approximate surface area is 148 Å². The Kier molecular flexibility index (Phi) is 3.73. The Morgan fingerprint density at radius 1 is 1.32 bits per heavy atom. The number of halogens is 1. The van der Waals surface area contributed by atoms with Crippen LogP contribution >= 0.6 is 11.6 Å². The van der Waals surface area contributed by atoms with Gasteiger partial charge in [0.25, 0.3) is 0 Å². The van der Waals surface area contributed by atoms with Crippen molar-refractivity contribution in [3.63, 3.8) is 0 Å². The lowest BCUT2D eigenvalue weighted by atomic mass is 9.87. The maximum Gasteiger partial charge on any atom is 0.226 e. The molecule has 2 N–H and O–H groups in total. The topological polar surface area (TPSA) is 84.8 Å². The number of nitrogens with one attached hydrogen (secondary N) is 2. The Hall–Kier alpha value is -2.80. The number of aryl methyl sites for hydroxylation is 2. The van der Waals surface area contributed by atoms with E-state index in [-0.39, 0.29) is 11.8 Å². The third kappa shape index (κ3) is 2.76. The highest BCUT2D eigenvalue weighted by atomic mass is 35.5. The molecule has 0 radical (unpaired) electrons. The summed E-state index contributed by atoms with van der Waals surface area (Å²) in [6, 6.07) is 7.13. The molecule has 1 atom stereocenters. The van der Waals surface area contributed by atoms with E-state index < -0.39 is 0 Å². The number of aromatic nitrogens is 4. The number of benzene rings is 1. The van der Waals surface area contributed by atoms with Crippen LogP contribution in [0.4, 0.5) is 5.82 Å². The lowest BCUT2D eigenvalue weighted by Crippen LogP contribution is -2.23. The fraction of sp³-hybridized carbons (Fsp3) is 0.235. The van der Waals surface area contributed by atoms with Gasteiger partial charge in [-0.2, -0.15) is 10.2 Å². The molecule has 1 aliphatic heterocycles. The van der Waals surface area contributed by atoms with Crippen LogP contribution in [0.5, 0.6) is 11.6 Å². The van der Waals surface area contributed by atoms with Gasteiger partial charge in [0, 0.05) is 35.5 Å². The molecule has 0 saturated carbocycles. The van der Waals surface area contributed by atoms with Crippen molar-refractivity contribution in [2.75, 3.05) is 5.32 Å². The summed E-state index contributed by atoms with van der Waals surface area (Å²) in [6.07, 6.45) is 2.05. The molecule has 1 aliphatic rings. The maximum absolute atomic E-state index is 12.1. The second-order valence-corrected chi connectivity index (χ2v) is 6.43. The summed E-state index contributed by atoms with van der Waals surface area (Å²) in [6.45, 7) is 1.91. The van der Waals surface area contributed by atoms with Crippen LogP contribution in [0.1, 0.15) is 29.2 Å². The summed E-state index contributed by atoms with van der Waals surface area (Å²) in [7, 11) is 1.82. The molecule has 0 saturated heterocycles. The standard InChI is InChI=1S/C17H16ClN5O2/c1-9-15(12-7-14(24)20-16-13(12)8-19-21-16)17(23(2)22-9)25-11-5-3-10(18)4-6-11/h3-6,8,12H,7H2,1-2H3,(H2,19,20,21,24)/t12-/m1/s1. The van der Waals surface area contributed by atoms with Gasteiger partial charge < -0.3 is 10.1 Å². The van der Waals surface area contributed by atoms with Crippen LogP contribution < -0.4 is 10.1 Å². The quantitative estimate of drug-likeness (QED) is 0.752. The average Bonchev–Trinajstić information content (AvgIpc) is 3.13. The monoisotopic (exact) mass is 357 g/mol. The number of H-pyrrole nitrogens is 1. The van der Waals surface area contributed by atoms with Crippen molar-refractivity contribution in [1.82, 2.24) is 20.0 Å².